The summed E-state index contributed by atoms with van der Waals surface area (Å²) in [5.74, 6) is 0. The highest BCUT2D eigenvalue weighted by Gasteiger charge is 2.27. The zero-order valence-corrected chi connectivity index (χ0v) is 18.6. The highest BCUT2D eigenvalue weighted by atomic mass is 79.9. The minimum absolute atomic E-state index is 0.200. The fourth-order valence-electron chi connectivity index (χ4n) is 3.07. The Hall–Kier alpha value is -0.590. The summed E-state index contributed by atoms with van der Waals surface area (Å²) in [6.45, 7) is 9.34. The van der Waals surface area contributed by atoms with Crippen molar-refractivity contribution >= 4 is 38.0 Å². The van der Waals surface area contributed by atoms with Crippen molar-refractivity contribution in [1.82, 2.24) is 10.2 Å². The summed E-state index contributed by atoms with van der Waals surface area (Å²) in [7, 11) is 0. The third kappa shape index (κ3) is 6.57. The fourth-order valence-corrected chi connectivity index (χ4v) is 4.46. The highest BCUT2D eigenvalue weighted by molar-refractivity contribution is 9.11. The van der Waals surface area contributed by atoms with Gasteiger partial charge in [0.1, 0.15) is 5.60 Å². The van der Waals surface area contributed by atoms with Gasteiger partial charge >= 0.3 is 6.09 Å². The predicted octanol–water partition coefficient (Wildman–Crippen LogP) is 5.65. The summed E-state index contributed by atoms with van der Waals surface area (Å²) < 4.78 is 7.69. The van der Waals surface area contributed by atoms with Crippen LogP contribution in [-0.4, -0.2) is 35.7 Å². The van der Waals surface area contributed by atoms with Gasteiger partial charge in [-0.1, -0.05) is 44.3 Å². The summed E-state index contributed by atoms with van der Waals surface area (Å²) in [4.78, 5) is 14.3. The van der Waals surface area contributed by atoms with E-state index in [1.165, 1.54) is 5.56 Å². The zero-order valence-electron chi connectivity index (χ0n) is 15.4. The Balaban J connectivity index is 2.01. The molecule has 0 saturated carbocycles. The molecule has 2 atom stereocenters. The highest BCUT2D eigenvalue weighted by Crippen LogP contribution is 2.27. The third-order valence-corrected chi connectivity index (χ3v) is 5.42. The molecule has 0 aliphatic carbocycles. The van der Waals surface area contributed by atoms with E-state index in [1.807, 2.05) is 25.7 Å². The lowest BCUT2D eigenvalue weighted by molar-refractivity contribution is 0.0242. The first-order chi connectivity index (χ1) is 11.7. The van der Waals surface area contributed by atoms with Crippen LogP contribution in [0.5, 0.6) is 0 Å². The van der Waals surface area contributed by atoms with Gasteiger partial charge in [-0.2, -0.15) is 0 Å². The topological polar surface area (TPSA) is 41.6 Å². The Labute approximate surface area is 167 Å². The number of rotatable bonds is 3. The van der Waals surface area contributed by atoms with Crippen LogP contribution in [0.4, 0.5) is 4.79 Å². The van der Waals surface area contributed by atoms with Crippen molar-refractivity contribution < 1.29 is 9.53 Å². The summed E-state index contributed by atoms with van der Waals surface area (Å²) >= 11 is 7.13. The van der Waals surface area contributed by atoms with Crippen LogP contribution < -0.4 is 5.32 Å². The van der Waals surface area contributed by atoms with Crippen LogP contribution in [0.25, 0.3) is 0 Å². The molecule has 0 bridgehead atoms. The van der Waals surface area contributed by atoms with Crippen LogP contribution in [-0.2, 0) is 4.74 Å². The lowest BCUT2D eigenvalue weighted by Crippen LogP contribution is -2.45. The summed E-state index contributed by atoms with van der Waals surface area (Å²) in [6.07, 6.45) is 3.00. The van der Waals surface area contributed by atoms with Gasteiger partial charge < -0.3 is 15.0 Å². The van der Waals surface area contributed by atoms with Gasteiger partial charge in [-0.05, 0) is 58.2 Å². The number of ether oxygens (including phenoxy) is 1. The SMILES string of the molecule is CC(NC1CCCCN(C(=O)OC(C)(C)C)C1)c1ccc(Br)cc1Br. The lowest BCUT2D eigenvalue weighted by atomic mass is 10.1. The fraction of sp³-hybridized carbons (Fsp3) is 0.632. The molecular formula is C19H28Br2N2O2. The molecule has 2 rings (SSSR count). The Morgan fingerprint density at radius 1 is 1.32 bits per heavy atom. The molecule has 1 amide bonds. The Kier molecular flexibility index (Phi) is 7.35. The lowest BCUT2D eigenvalue weighted by Gasteiger charge is -2.30. The van der Waals surface area contributed by atoms with Crippen LogP contribution in [0.1, 0.15) is 58.6 Å². The van der Waals surface area contributed by atoms with Crippen molar-refractivity contribution in [2.75, 3.05) is 13.1 Å². The number of carbonyl (C=O) groups excluding carboxylic acids is 1. The van der Waals surface area contributed by atoms with Gasteiger partial charge in [0.15, 0.2) is 0 Å². The first kappa shape index (κ1) is 20.7. The Bertz CT molecular complexity index is 602. The largest absolute Gasteiger partial charge is 0.444 e. The molecule has 6 heteroatoms. The van der Waals surface area contributed by atoms with Crippen molar-refractivity contribution in [3.63, 3.8) is 0 Å². The average molecular weight is 476 g/mol. The Morgan fingerprint density at radius 2 is 2.04 bits per heavy atom. The van der Waals surface area contributed by atoms with E-state index in [9.17, 15) is 4.79 Å². The predicted molar refractivity (Wildman–Crippen MR) is 109 cm³/mol. The number of nitrogens with one attached hydrogen (secondary N) is 1. The molecule has 4 nitrogen and oxygen atoms in total. The van der Waals surface area contributed by atoms with Crippen molar-refractivity contribution in [2.24, 2.45) is 0 Å². The van der Waals surface area contributed by atoms with Gasteiger partial charge in [-0.25, -0.2) is 4.79 Å². The maximum absolute atomic E-state index is 12.4. The number of nitrogens with zero attached hydrogens (tertiary/aromatic N) is 1. The molecule has 1 aliphatic heterocycles. The van der Waals surface area contributed by atoms with E-state index >= 15 is 0 Å². The van der Waals surface area contributed by atoms with Gasteiger partial charge in [0.2, 0.25) is 0 Å². The summed E-state index contributed by atoms with van der Waals surface area (Å²) in [5, 5.41) is 3.69. The summed E-state index contributed by atoms with van der Waals surface area (Å²) in [6, 6.07) is 6.70. The van der Waals surface area contributed by atoms with Crippen LogP contribution in [0, 0.1) is 0 Å². The van der Waals surface area contributed by atoms with Crippen LogP contribution >= 0.6 is 31.9 Å². The van der Waals surface area contributed by atoms with Crippen LogP contribution in [0.15, 0.2) is 27.1 Å². The average Bonchev–Trinajstić information content (AvgIpc) is 2.71. The third-order valence-electron chi connectivity index (χ3n) is 4.24. The van der Waals surface area contributed by atoms with Gasteiger partial charge in [-0.3, -0.25) is 0 Å². The monoisotopic (exact) mass is 474 g/mol. The minimum Gasteiger partial charge on any atom is -0.444 e. The van der Waals surface area contributed by atoms with E-state index in [0.717, 1.165) is 34.8 Å². The zero-order chi connectivity index (χ0) is 18.6. The molecule has 25 heavy (non-hydrogen) atoms. The molecule has 1 saturated heterocycles. The maximum atomic E-state index is 12.4. The summed E-state index contributed by atoms with van der Waals surface area (Å²) in [5.41, 5.74) is 0.762. The molecule has 1 aromatic carbocycles. The first-order valence-corrected chi connectivity index (χ1v) is 10.4. The second-order valence-electron chi connectivity index (χ2n) is 7.67. The second kappa shape index (κ2) is 8.87. The minimum atomic E-state index is -0.456. The molecule has 0 aromatic heterocycles. The first-order valence-electron chi connectivity index (χ1n) is 8.84. The van der Waals surface area contributed by atoms with E-state index in [1.54, 1.807) is 0 Å². The quantitative estimate of drug-likeness (QED) is 0.613. The Morgan fingerprint density at radius 3 is 2.68 bits per heavy atom. The number of benzene rings is 1. The number of amides is 1. The molecule has 1 N–H and O–H groups in total. The van der Waals surface area contributed by atoms with E-state index in [4.69, 9.17) is 4.74 Å². The number of carbonyl (C=O) groups is 1. The normalized spacial score (nSPS) is 20.1. The van der Waals surface area contributed by atoms with Crippen molar-refractivity contribution in [2.45, 2.75) is 64.6 Å². The smallest absolute Gasteiger partial charge is 0.410 e. The number of halogens is 2. The molecule has 140 valence electrons. The van der Waals surface area contributed by atoms with Crippen LogP contribution in [0.3, 0.4) is 0 Å². The van der Waals surface area contributed by atoms with Crippen molar-refractivity contribution in [3.8, 4) is 0 Å². The molecular weight excluding hydrogens is 448 g/mol. The van der Waals surface area contributed by atoms with Gasteiger partial charge in [0, 0.05) is 34.1 Å². The van der Waals surface area contributed by atoms with E-state index in [-0.39, 0.29) is 18.2 Å². The number of hydrogen-bond donors (Lipinski definition) is 1. The maximum Gasteiger partial charge on any atom is 0.410 e. The molecule has 1 aromatic rings. The molecule has 1 heterocycles. The van der Waals surface area contributed by atoms with E-state index in [2.05, 4.69) is 62.3 Å². The molecule has 1 fully saturated rings. The number of hydrogen-bond acceptors (Lipinski definition) is 3. The van der Waals surface area contributed by atoms with E-state index < -0.39 is 5.60 Å². The van der Waals surface area contributed by atoms with Gasteiger partial charge in [-0.15, -0.1) is 0 Å². The molecule has 0 spiro atoms. The second-order valence-corrected chi connectivity index (χ2v) is 9.44. The standard InChI is InChI=1S/C19H28Br2N2O2/c1-13(16-9-8-14(20)11-17(16)21)22-15-7-5-6-10-23(12-15)18(24)25-19(2,3)4/h8-9,11,13,15,22H,5-7,10,12H2,1-4H3. The van der Waals surface area contributed by atoms with Crippen LogP contribution in [0.2, 0.25) is 0 Å². The van der Waals surface area contributed by atoms with E-state index in [0.29, 0.717) is 6.54 Å². The molecule has 0 radical (unpaired) electrons. The van der Waals surface area contributed by atoms with Crippen molar-refractivity contribution in [1.29, 1.82) is 0 Å². The van der Waals surface area contributed by atoms with Crippen molar-refractivity contribution in [3.05, 3.63) is 32.7 Å². The van der Waals surface area contributed by atoms with Gasteiger partial charge in [0.05, 0.1) is 0 Å². The van der Waals surface area contributed by atoms with Gasteiger partial charge in [0.25, 0.3) is 0 Å². The molecule has 2 unspecified atom stereocenters. The molecule has 1 aliphatic rings. The number of likely N-dealkylation sites (tertiary alicyclic amines) is 1.